The third kappa shape index (κ3) is 3.15. The van der Waals surface area contributed by atoms with Crippen LogP contribution in [0.1, 0.15) is 5.56 Å². The molecule has 1 aromatic carbocycles. The molecule has 0 bridgehead atoms. The largest absolute Gasteiger partial charge is 0.479 e. The molecule has 0 amide bonds. The van der Waals surface area contributed by atoms with Crippen LogP contribution in [0.2, 0.25) is 0 Å². The summed E-state index contributed by atoms with van der Waals surface area (Å²) < 4.78 is 18.2. The monoisotopic (exact) mass is 305 g/mol. The number of nitrogens with one attached hydrogen (secondary N) is 1. The van der Waals surface area contributed by atoms with Gasteiger partial charge in [-0.25, -0.2) is 9.18 Å². The lowest BCUT2D eigenvalue weighted by Crippen LogP contribution is -2.45. The maximum absolute atomic E-state index is 13.0. The molecule has 0 spiro atoms. The minimum atomic E-state index is -0.948. The number of halogens is 1. The number of morpholine rings is 1. The SMILES string of the molecule is O=C(O)[C@H]1CN(Cc2cn[nH]c2-c2ccc(F)cc2)CCO1. The Morgan fingerprint density at radius 1 is 1.45 bits per heavy atom. The van der Waals surface area contributed by atoms with Gasteiger partial charge in [-0.3, -0.25) is 10.00 Å². The van der Waals surface area contributed by atoms with E-state index in [9.17, 15) is 9.18 Å². The van der Waals surface area contributed by atoms with Crippen molar-refractivity contribution >= 4 is 5.97 Å². The van der Waals surface area contributed by atoms with Crippen LogP contribution < -0.4 is 0 Å². The Kier molecular flexibility index (Phi) is 4.17. The summed E-state index contributed by atoms with van der Waals surface area (Å²) >= 11 is 0. The number of hydrogen-bond acceptors (Lipinski definition) is 4. The molecule has 2 aromatic rings. The van der Waals surface area contributed by atoms with Crippen molar-refractivity contribution in [2.45, 2.75) is 12.6 Å². The predicted molar refractivity (Wildman–Crippen MR) is 76.6 cm³/mol. The molecular weight excluding hydrogens is 289 g/mol. The van der Waals surface area contributed by atoms with Gasteiger partial charge < -0.3 is 9.84 Å². The fourth-order valence-electron chi connectivity index (χ4n) is 2.53. The summed E-state index contributed by atoms with van der Waals surface area (Å²) in [7, 11) is 0. The molecule has 6 nitrogen and oxygen atoms in total. The average Bonchev–Trinajstić information content (AvgIpc) is 2.96. The maximum Gasteiger partial charge on any atom is 0.334 e. The summed E-state index contributed by atoms with van der Waals surface area (Å²) in [5, 5.41) is 16.0. The Bertz CT molecular complexity index is 656. The van der Waals surface area contributed by atoms with Crippen LogP contribution in [0.3, 0.4) is 0 Å². The van der Waals surface area contributed by atoms with Gasteiger partial charge in [0.15, 0.2) is 6.10 Å². The van der Waals surface area contributed by atoms with Crippen molar-refractivity contribution < 1.29 is 19.0 Å². The normalized spacial score (nSPS) is 19.2. The molecule has 1 atom stereocenters. The van der Waals surface area contributed by atoms with E-state index in [-0.39, 0.29) is 5.82 Å². The molecule has 2 heterocycles. The first-order valence-corrected chi connectivity index (χ1v) is 6.98. The molecule has 3 rings (SSSR count). The van der Waals surface area contributed by atoms with E-state index < -0.39 is 12.1 Å². The third-order valence-corrected chi connectivity index (χ3v) is 3.67. The van der Waals surface area contributed by atoms with Crippen molar-refractivity contribution in [3.8, 4) is 11.3 Å². The molecule has 2 N–H and O–H groups in total. The van der Waals surface area contributed by atoms with Crippen molar-refractivity contribution in [2.24, 2.45) is 0 Å². The van der Waals surface area contributed by atoms with Crippen molar-refractivity contribution in [3.05, 3.63) is 41.8 Å². The van der Waals surface area contributed by atoms with Gasteiger partial charge in [0.25, 0.3) is 0 Å². The fraction of sp³-hybridized carbons (Fsp3) is 0.333. The lowest BCUT2D eigenvalue weighted by molar-refractivity contribution is -0.156. The van der Waals surface area contributed by atoms with Gasteiger partial charge in [-0.05, 0) is 24.3 Å². The van der Waals surface area contributed by atoms with Gasteiger partial charge in [-0.2, -0.15) is 5.10 Å². The van der Waals surface area contributed by atoms with Crippen LogP contribution in [0.15, 0.2) is 30.5 Å². The van der Waals surface area contributed by atoms with Crippen LogP contribution in [0.5, 0.6) is 0 Å². The van der Waals surface area contributed by atoms with Crippen LogP contribution in [-0.4, -0.2) is 52.0 Å². The Hall–Kier alpha value is -2.25. The first-order chi connectivity index (χ1) is 10.6. The van der Waals surface area contributed by atoms with Gasteiger partial charge >= 0.3 is 5.97 Å². The van der Waals surface area contributed by atoms with Crippen molar-refractivity contribution in [1.82, 2.24) is 15.1 Å². The molecule has 1 saturated heterocycles. The molecule has 0 saturated carbocycles. The van der Waals surface area contributed by atoms with E-state index in [1.165, 1.54) is 12.1 Å². The smallest absolute Gasteiger partial charge is 0.334 e. The molecule has 1 fully saturated rings. The Balaban J connectivity index is 1.75. The zero-order chi connectivity index (χ0) is 15.5. The van der Waals surface area contributed by atoms with Crippen LogP contribution in [0.4, 0.5) is 4.39 Å². The molecule has 1 aliphatic rings. The molecule has 116 valence electrons. The van der Waals surface area contributed by atoms with Crippen LogP contribution >= 0.6 is 0 Å². The maximum atomic E-state index is 13.0. The summed E-state index contributed by atoms with van der Waals surface area (Å²) in [5.41, 5.74) is 2.60. The lowest BCUT2D eigenvalue weighted by atomic mass is 10.1. The van der Waals surface area contributed by atoms with Gasteiger partial charge in [0.05, 0.1) is 18.5 Å². The summed E-state index contributed by atoms with van der Waals surface area (Å²) in [4.78, 5) is 13.0. The van der Waals surface area contributed by atoms with E-state index in [0.29, 0.717) is 26.2 Å². The van der Waals surface area contributed by atoms with Gasteiger partial charge in [0.2, 0.25) is 0 Å². The summed E-state index contributed by atoms with van der Waals surface area (Å²) in [5.74, 6) is -1.24. The minimum absolute atomic E-state index is 0.290. The van der Waals surface area contributed by atoms with Crippen LogP contribution in [0.25, 0.3) is 11.3 Å². The highest BCUT2D eigenvalue weighted by Crippen LogP contribution is 2.23. The zero-order valence-corrected chi connectivity index (χ0v) is 11.8. The van der Waals surface area contributed by atoms with Gasteiger partial charge in [-0.15, -0.1) is 0 Å². The number of rotatable bonds is 4. The number of nitrogens with zero attached hydrogens (tertiary/aromatic N) is 2. The highest BCUT2D eigenvalue weighted by Gasteiger charge is 2.26. The first kappa shape index (κ1) is 14.7. The van der Waals surface area contributed by atoms with Gasteiger partial charge in [0, 0.05) is 30.8 Å². The number of aromatic amines is 1. The highest BCUT2D eigenvalue weighted by atomic mass is 19.1. The highest BCUT2D eigenvalue weighted by molar-refractivity contribution is 5.72. The number of ether oxygens (including phenoxy) is 1. The number of aromatic nitrogens is 2. The quantitative estimate of drug-likeness (QED) is 0.895. The minimum Gasteiger partial charge on any atom is -0.479 e. The summed E-state index contributed by atoms with van der Waals surface area (Å²) in [6, 6.07) is 6.17. The van der Waals surface area contributed by atoms with E-state index in [2.05, 4.69) is 10.2 Å². The number of benzene rings is 1. The van der Waals surface area contributed by atoms with E-state index >= 15 is 0 Å². The van der Waals surface area contributed by atoms with E-state index in [0.717, 1.165) is 16.8 Å². The molecule has 22 heavy (non-hydrogen) atoms. The van der Waals surface area contributed by atoms with Crippen LogP contribution in [-0.2, 0) is 16.1 Å². The number of carboxylic acids is 1. The van der Waals surface area contributed by atoms with Crippen molar-refractivity contribution in [3.63, 3.8) is 0 Å². The third-order valence-electron chi connectivity index (χ3n) is 3.67. The molecule has 1 aliphatic heterocycles. The second-order valence-electron chi connectivity index (χ2n) is 5.21. The van der Waals surface area contributed by atoms with Gasteiger partial charge in [0.1, 0.15) is 5.82 Å². The van der Waals surface area contributed by atoms with Crippen molar-refractivity contribution in [1.29, 1.82) is 0 Å². The topological polar surface area (TPSA) is 78.5 Å². The van der Waals surface area contributed by atoms with E-state index in [1.54, 1.807) is 18.3 Å². The second kappa shape index (κ2) is 6.25. The molecule has 7 heteroatoms. The lowest BCUT2D eigenvalue weighted by Gasteiger charge is -2.30. The molecular formula is C15H16FN3O3. The number of hydrogen-bond donors (Lipinski definition) is 2. The Labute approximate surface area is 126 Å². The zero-order valence-electron chi connectivity index (χ0n) is 11.8. The average molecular weight is 305 g/mol. The molecule has 0 unspecified atom stereocenters. The predicted octanol–water partition coefficient (Wildman–Crippen LogP) is 1.50. The standard InChI is InChI=1S/C15H16FN3O3/c16-12-3-1-10(2-4-12)14-11(7-17-18-14)8-19-5-6-22-13(9-19)15(20)21/h1-4,7,13H,5-6,8-9H2,(H,17,18)(H,20,21)/t13-/m1/s1. The number of carbonyl (C=O) groups is 1. The summed E-state index contributed by atoms with van der Waals surface area (Å²) in [6.07, 6.45) is 0.916. The number of H-pyrrole nitrogens is 1. The molecule has 1 aromatic heterocycles. The second-order valence-corrected chi connectivity index (χ2v) is 5.21. The van der Waals surface area contributed by atoms with Crippen LogP contribution in [0, 0.1) is 5.82 Å². The molecule has 0 aliphatic carbocycles. The number of aliphatic carboxylic acids is 1. The first-order valence-electron chi connectivity index (χ1n) is 6.98. The van der Waals surface area contributed by atoms with E-state index in [4.69, 9.17) is 9.84 Å². The Morgan fingerprint density at radius 2 is 2.23 bits per heavy atom. The summed E-state index contributed by atoms with van der Waals surface area (Å²) in [6.45, 7) is 1.96. The van der Waals surface area contributed by atoms with Crippen molar-refractivity contribution in [2.75, 3.05) is 19.7 Å². The molecule has 0 radical (unpaired) electrons. The fourth-order valence-corrected chi connectivity index (χ4v) is 2.53. The van der Waals surface area contributed by atoms with Gasteiger partial charge in [-0.1, -0.05) is 0 Å². The number of carboxylic acid groups (broad SMARTS) is 1. The Morgan fingerprint density at radius 3 is 2.95 bits per heavy atom. The van der Waals surface area contributed by atoms with E-state index in [1.807, 2.05) is 4.90 Å².